The van der Waals surface area contributed by atoms with Crippen LogP contribution < -0.4 is 5.32 Å². The third-order valence-electron chi connectivity index (χ3n) is 2.76. The van der Waals surface area contributed by atoms with Crippen LogP contribution in [0.25, 0.3) is 11.3 Å². The number of nitrogens with zero attached hydrogens (tertiary/aromatic N) is 2. The lowest BCUT2D eigenvalue weighted by molar-refractivity contribution is 0.867. The maximum atomic E-state index is 4.46. The molecule has 1 aromatic carbocycles. The zero-order valence-electron chi connectivity index (χ0n) is 10.4. The molecule has 3 nitrogen and oxygen atoms in total. The molecule has 88 valence electrons. The van der Waals surface area contributed by atoms with E-state index in [2.05, 4.69) is 53.4 Å². The zero-order chi connectivity index (χ0) is 12.3. The Morgan fingerprint density at radius 1 is 1.06 bits per heavy atom. The van der Waals surface area contributed by atoms with Gasteiger partial charge in [-0.2, -0.15) is 0 Å². The highest BCUT2D eigenvalue weighted by Gasteiger charge is 2.03. The number of rotatable bonds is 3. The Balaban J connectivity index is 2.32. The fraction of sp³-hybridized carbons (Fsp3) is 0.286. The molecule has 0 aliphatic rings. The number of benzene rings is 1. The molecule has 0 unspecified atom stereocenters. The summed E-state index contributed by atoms with van der Waals surface area (Å²) in [5.41, 5.74) is 3.33. The Kier molecular flexibility index (Phi) is 3.38. The van der Waals surface area contributed by atoms with Gasteiger partial charge in [-0.05, 0) is 11.5 Å². The molecule has 1 heterocycles. The van der Waals surface area contributed by atoms with Gasteiger partial charge in [0.25, 0.3) is 0 Å². The lowest BCUT2D eigenvalue weighted by Gasteiger charge is -2.07. The third kappa shape index (κ3) is 2.61. The van der Waals surface area contributed by atoms with Crippen molar-refractivity contribution in [3.05, 3.63) is 42.2 Å². The summed E-state index contributed by atoms with van der Waals surface area (Å²) in [6.07, 6.45) is 3.50. The number of aromatic nitrogens is 2. The van der Waals surface area contributed by atoms with Crippen molar-refractivity contribution in [1.82, 2.24) is 9.97 Å². The van der Waals surface area contributed by atoms with Gasteiger partial charge in [-0.25, -0.2) is 4.98 Å². The van der Waals surface area contributed by atoms with E-state index in [1.807, 2.05) is 7.05 Å². The van der Waals surface area contributed by atoms with Crippen LogP contribution in [0.5, 0.6) is 0 Å². The standard InChI is InChI=1S/C14H17N3/c1-10(2)11-4-6-12(7-5-11)13-8-16-9-14(15-3)17-13/h4-10H,1-3H3,(H,15,17). The zero-order valence-corrected chi connectivity index (χ0v) is 10.4. The minimum absolute atomic E-state index is 0.554. The van der Waals surface area contributed by atoms with Gasteiger partial charge in [-0.1, -0.05) is 38.1 Å². The number of hydrogen-bond acceptors (Lipinski definition) is 3. The molecular formula is C14H17N3. The maximum absolute atomic E-state index is 4.46. The van der Waals surface area contributed by atoms with Crippen LogP contribution in [0, 0.1) is 0 Å². The first-order valence-corrected chi connectivity index (χ1v) is 5.81. The van der Waals surface area contributed by atoms with Gasteiger partial charge in [0.1, 0.15) is 5.82 Å². The molecule has 0 atom stereocenters. The minimum Gasteiger partial charge on any atom is -0.372 e. The average molecular weight is 227 g/mol. The summed E-state index contributed by atoms with van der Waals surface area (Å²) in [4.78, 5) is 8.63. The molecule has 0 amide bonds. The van der Waals surface area contributed by atoms with Crippen LogP contribution >= 0.6 is 0 Å². The van der Waals surface area contributed by atoms with E-state index in [1.165, 1.54) is 5.56 Å². The van der Waals surface area contributed by atoms with Crippen LogP contribution in [0.4, 0.5) is 5.82 Å². The van der Waals surface area contributed by atoms with Gasteiger partial charge in [0.2, 0.25) is 0 Å². The van der Waals surface area contributed by atoms with Crippen molar-refractivity contribution < 1.29 is 0 Å². The lowest BCUT2D eigenvalue weighted by atomic mass is 10.0. The Labute approximate surface area is 102 Å². The fourth-order valence-corrected chi connectivity index (χ4v) is 1.66. The first-order valence-electron chi connectivity index (χ1n) is 5.81. The summed E-state index contributed by atoms with van der Waals surface area (Å²) >= 11 is 0. The molecule has 0 spiro atoms. The van der Waals surface area contributed by atoms with Crippen LogP contribution in [0.2, 0.25) is 0 Å². The third-order valence-corrected chi connectivity index (χ3v) is 2.76. The van der Waals surface area contributed by atoms with Crippen molar-refractivity contribution in [3.8, 4) is 11.3 Å². The summed E-state index contributed by atoms with van der Waals surface area (Å²) < 4.78 is 0. The van der Waals surface area contributed by atoms with Crippen molar-refractivity contribution in [1.29, 1.82) is 0 Å². The van der Waals surface area contributed by atoms with Gasteiger partial charge < -0.3 is 5.32 Å². The number of nitrogens with one attached hydrogen (secondary N) is 1. The molecule has 0 aliphatic carbocycles. The molecule has 0 aliphatic heterocycles. The Bertz CT molecular complexity index is 489. The van der Waals surface area contributed by atoms with Gasteiger partial charge in [-0.15, -0.1) is 0 Å². The molecule has 2 rings (SSSR count). The molecule has 0 bridgehead atoms. The van der Waals surface area contributed by atoms with Gasteiger partial charge in [0, 0.05) is 12.6 Å². The predicted octanol–water partition coefficient (Wildman–Crippen LogP) is 3.31. The van der Waals surface area contributed by atoms with E-state index in [9.17, 15) is 0 Å². The van der Waals surface area contributed by atoms with E-state index in [0.29, 0.717) is 5.92 Å². The van der Waals surface area contributed by atoms with Gasteiger partial charge in [0.15, 0.2) is 0 Å². The monoisotopic (exact) mass is 227 g/mol. The summed E-state index contributed by atoms with van der Waals surface area (Å²) in [7, 11) is 1.84. The molecule has 0 saturated carbocycles. The van der Waals surface area contributed by atoms with Crippen LogP contribution in [-0.2, 0) is 0 Å². The molecular weight excluding hydrogens is 210 g/mol. The fourth-order valence-electron chi connectivity index (χ4n) is 1.66. The second-order valence-electron chi connectivity index (χ2n) is 4.32. The van der Waals surface area contributed by atoms with E-state index in [-0.39, 0.29) is 0 Å². The first kappa shape index (κ1) is 11.6. The van der Waals surface area contributed by atoms with E-state index in [0.717, 1.165) is 17.1 Å². The number of anilines is 1. The molecule has 0 radical (unpaired) electrons. The second kappa shape index (κ2) is 4.95. The molecule has 17 heavy (non-hydrogen) atoms. The van der Waals surface area contributed by atoms with Crippen LogP contribution in [-0.4, -0.2) is 17.0 Å². The SMILES string of the molecule is CNc1cncc(-c2ccc(C(C)C)cc2)n1. The average Bonchev–Trinajstić information content (AvgIpc) is 2.39. The Morgan fingerprint density at radius 2 is 1.76 bits per heavy atom. The highest BCUT2D eigenvalue weighted by atomic mass is 15.0. The van der Waals surface area contributed by atoms with E-state index < -0.39 is 0 Å². The number of hydrogen-bond donors (Lipinski definition) is 1. The summed E-state index contributed by atoms with van der Waals surface area (Å²) in [6.45, 7) is 4.38. The van der Waals surface area contributed by atoms with Crippen molar-refractivity contribution in [2.45, 2.75) is 19.8 Å². The van der Waals surface area contributed by atoms with E-state index in [1.54, 1.807) is 12.4 Å². The van der Waals surface area contributed by atoms with Crippen molar-refractivity contribution in [2.75, 3.05) is 12.4 Å². The maximum Gasteiger partial charge on any atom is 0.144 e. The highest BCUT2D eigenvalue weighted by Crippen LogP contribution is 2.21. The predicted molar refractivity (Wildman–Crippen MR) is 71.1 cm³/mol. The van der Waals surface area contributed by atoms with Crippen LogP contribution in [0.1, 0.15) is 25.3 Å². The molecule has 1 N–H and O–H groups in total. The van der Waals surface area contributed by atoms with Gasteiger partial charge in [-0.3, -0.25) is 4.98 Å². The van der Waals surface area contributed by atoms with Crippen molar-refractivity contribution in [2.24, 2.45) is 0 Å². The first-order chi connectivity index (χ1) is 8.20. The molecule has 0 saturated heterocycles. The minimum atomic E-state index is 0.554. The van der Waals surface area contributed by atoms with Gasteiger partial charge in [0.05, 0.1) is 18.1 Å². The quantitative estimate of drug-likeness (QED) is 0.874. The summed E-state index contributed by atoms with van der Waals surface area (Å²) in [5.74, 6) is 1.34. The normalized spacial score (nSPS) is 10.6. The molecule has 3 heteroatoms. The second-order valence-corrected chi connectivity index (χ2v) is 4.32. The van der Waals surface area contributed by atoms with E-state index in [4.69, 9.17) is 0 Å². The van der Waals surface area contributed by atoms with Crippen LogP contribution in [0.15, 0.2) is 36.7 Å². The summed E-state index contributed by atoms with van der Waals surface area (Å²) in [5, 5.41) is 2.99. The smallest absolute Gasteiger partial charge is 0.144 e. The van der Waals surface area contributed by atoms with Crippen molar-refractivity contribution >= 4 is 5.82 Å². The largest absolute Gasteiger partial charge is 0.372 e. The van der Waals surface area contributed by atoms with Gasteiger partial charge >= 0.3 is 0 Å². The Hall–Kier alpha value is -1.90. The van der Waals surface area contributed by atoms with Crippen LogP contribution in [0.3, 0.4) is 0 Å². The summed E-state index contributed by atoms with van der Waals surface area (Å²) in [6, 6.07) is 8.49. The molecule has 0 fully saturated rings. The Morgan fingerprint density at radius 3 is 2.35 bits per heavy atom. The topological polar surface area (TPSA) is 37.8 Å². The van der Waals surface area contributed by atoms with E-state index >= 15 is 0 Å². The molecule has 2 aromatic rings. The van der Waals surface area contributed by atoms with Crippen molar-refractivity contribution in [3.63, 3.8) is 0 Å². The highest BCUT2D eigenvalue weighted by molar-refractivity contribution is 5.60. The lowest BCUT2D eigenvalue weighted by Crippen LogP contribution is -1.95. The molecule has 1 aromatic heterocycles.